The molecule has 0 amide bonds. The molecule has 0 aliphatic rings. The van der Waals surface area contributed by atoms with Crippen LogP contribution >= 0.6 is 0 Å². The molecular weight excluding hydrogens is 251 g/mol. The fraction of sp³-hybridized carbons (Fsp3) is 0.333. The Hall–Kier alpha value is -2.03. The largest absolute Gasteiger partial charge is 0.416 e. The van der Waals surface area contributed by atoms with Crippen LogP contribution in [-0.4, -0.2) is 42.6 Å². The highest BCUT2D eigenvalue weighted by Crippen LogP contribution is 2.22. The molecule has 0 aliphatic carbocycles. The molecule has 0 saturated carbocycles. The van der Waals surface area contributed by atoms with E-state index in [1.54, 1.807) is 18.2 Å². The minimum Gasteiger partial charge on any atom is -0.382 e. The summed E-state index contributed by atoms with van der Waals surface area (Å²) in [5, 5.41) is 19.2. The van der Waals surface area contributed by atoms with Crippen molar-refractivity contribution in [3.8, 4) is 11.5 Å². The van der Waals surface area contributed by atoms with Crippen LogP contribution in [0.25, 0.3) is 11.5 Å². The van der Waals surface area contributed by atoms with Gasteiger partial charge in [-0.3, -0.25) is 4.98 Å². The molecule has 2 aromatic heterocycles. The molecule has 2 rings (SSSR count). The van der Waals surface area contributed by atoms with E-state index in [0.717, 1.165) is 4.68 Å². The predicted molar refractivity (Wildman–Crippen MR) is 53.1 cm³/mol. The maximum atomic E-state index is 12.2. The maximum absolute atomic E-state index is 12.2. The molecule has 1 atom stereocenters. The Morgan fingerprint density at radius 3 is 2.72 bits per heavy atom. The van der Waals surface area contributed by atoms with Crippen molar-refractivity contribution in [1.82, 2.24) is 25.2 Å². The number of hydrogen-bond donors (Lipinski definition) is 1. The lowest BCUT2D eigenvalue weighted by atomic mass is 10.3. The average molecular weight is 259 g/mol. The minimum absolute atomic E-state index is 0.0684. The quantitative estimate of drug-likeness (QED) is 0.876. The van der Waals surface area contributed by atoms with Gasteiger partial charge in [-0.1, -0.05) is 6.07 Å². The van der Waals surface area contributed by atoms with Crippen molar-refractivity contribution in [3.63, 3.8) is 0 Å². The number of halogens is 3. The predicted octanol–water partition coefficient (Wildman–Crippen LogP) is 0.658. The summed E-state index contributed by atoms with van der Waals surface area (Å²) in [6.07, 6.45) is -5.77. The van der Waals surface area contributed by atoms with Crippen LogP contribution < -0.4 is 0 Å². The average Bonchev–Trinajstić information content (AvgIpc) is 2.77. The second-order valence-corrected chi connectivity index (χ2v) is 3.46. The summed E-state index contributed by atoms with van der Waals surface area (Å²) in [5.41, 5.74) is 0.330. The van der Waals surface area contributed by atoms with E-state index >= 15 is 0 Å². The number of rotatable bonds is 3. The Balaban J connectivity index is 2.24. The van der Waals surface area contributed by atoms with E-state index in [4.69, 9.17) is 5.11 Å². The van der Waals surface area contributed by atoms with Gasteiger partial charge in [0.15, 0.2) is 6.10 Å². The maximum Gasteiger partial charge on any atom is 0.416 e. The second-order valence-electron chi connectivity index (χ2n) is 3.46. The van der Waals surface area contributed by atoms with Crippen LogP contribution in [0.4, 0.5) is 13.2 Å². The molecule has 18 heavy (non-hydrogen) atoms. The molecule has 2 heterocycles. The highest BCUT2D eigenvalue weighted by molar-refractivity contribution is 5.47. The van der Waals surface area contributed by atoms with Gasteiger partial charge in [0, 0.05) is 6.20 Å². The van der Waals surface area contributed by atoms with Gasteiger partial charge in [-0.15, -0.1) is 5.10 Å². The molecule has 0 saturated heterocycles. The molecule has 0 aromatic carbocycles. The summed E-state index contributed by atoms with van der Waals surface area (Å²) in [7, 11) is 0. The molecule has 0 aliphatic heterocycles. The Kier molecular flexibility index (Phi) is 3.24. The van der Waals surface area contributed by atoms with Crippen molar-refractivity contribution in [2.45, 2.75) is 18.8 Å². The fourth-order valence-corrected chi connectivity index (χ4v) is 1.27. The number of nitrogens with zero attached hydrogens (tertiary/aromatic N) is 5. The van der Waals surface area contributed by atoms with Gasteiger partial charge in [-0.25, -0.2) is 4.68 Å². The van der Waals surface area contributed by atoms with Crippen LogP contribution in [-0.2, 0) is 6.54 Å². The summed E-state index contributed by atoms with van der Waals surface area (Å²) in [4.78, 5) is 3.93. The third-order valence-electron chi connectivity index (χ3n) is 2.15. The van der Waals surface area contributed by atoms with Crippen molar-refractivity contribution >= 4 is 0 Å². The number of hydrogen-bond acceptors (Lipinski definition) is 5. The summed E-state index contributed by atoms with van der Waals surface area (Å²) in [6, 6.07) is 4.87. The normalized spacial score (nSPS) is 13.6. The van der Waals surface area contributed by atoms with Crippen LogP contribution in [0.2, 0.25) is 0 Å². The van der Waals surface area contributed by atoms with Crippen LogP contribution in [0.5, 0.6) is 0 Å². The van der Waals surface area contributed by atoms with Gasteiger partial charge in [0.25, 0.3) is 0 Å². The lowest BCUT2D eigenvalue weighted by Crippen LogP contribution is -2.33. The van der Waals surface area contributed by atoms with Gasteiger partial charge in [0.1, 0.15) is 5.69 Å². The smallest absolute Gasteiger partial charge is 0.382 e. The molecule has 6 nitrogen and oxygen atoms in total. The number of tetrazole rings is 1. The first-order valence-corrected chi connectivity index (χ1v) is 4.91. The highest BCUT2D eigenvalue weighted by atomic mass is 19.4. The summed E-state index contributed by atoms with van der Waals surface area (Å²) in [5.74, 6) is 0.0684. The van der Waals surface area contributed by atoms with Gasteiger partial charge < -0.3 is 5.11 Å². The molecule has 1 N–H and O–H groups in total. The second kappa shape index (κ2) is 4.69. The van der Waals surface area contributed by atoms with E-state index in [2.05, 4.69) is 20.5 Å². The van der Waals surface area contributed by atoms with Crippen molar-refractivity contribution in [2.24, 2.45) is 0 Å². The van der Waals surface area contributed by atoms with E-state index in [9.17, 15) is 13.2 Å². The Labute approximate surface area is 99.1 Å². The zero-order valence-corrected chi connectivity index (χ0v) is 8.91. The zero-order valence-electron chi connectivity index (χ0n) is 8.91. The Morgan fingerprint density at radius 1 is 1.33 bits per heavy atom. The molecule has 0 fully saturated rings. The van der Waals surface area contributed by atoms with Crippen LogP contribution in [0, 0.1) is 0 Å². The Morgan fingerprint density at radius 2 is 2.11 bits per heavy atom. The van der Waals surface area contributed by atoms with E-state index in [-0.39, 0.29) is 5.82 Å². The highest BCUT2D eigenvalue weighted by Gasteiger charge is 2.39. The monoisotopic (exact) mass is 259 g/mol. The van der Waals surface area contributed by atoms with Gasteiger partial charge in [-0.2, -0.15) is 13.2 Å². The van der Waals surface area contributed by atoms with E-state index in [0.29, 0.717) is 5.69 Å². The summed E-state index contributed by atoms with van der Waals surface area (Å²) >= 11 is 0. The molecule has 9 heteroatoms. The number of alkyl halides is 3. The zero-order chi connectivity index (χ0) is 13.2. The number of aliphatic hydroxyl groups excluding tert-OH is 1. The molecular formula is C9H8F3N5O. The van der Waals surface area contributed by atoms with Crippen LogP contribution in [0.3, 0.4) is 0 Å². The van der Waals surface area contributed by atoms with E-state index in [1.165, 1.54) is 6.20 Å². The summed E-state index contributed by atoms with van der Waals surface area (Å²) < 4.78 is 37.5. The number of aliphatic hydroxyl groups is 1. The first kappa shape index (κ1) is 12.4. The van der Waals surface area contributed by atoms with Crippen molar-refractivity contribution in [1.29, 1.82) is 0 Å². The lowest BCUT2D eigenvalue weighted by molar-refractivity contribution is -0.207. The van der Waals surface area contributed by atoms with Gasteiger partial charge in [-0.05, 0) is 22.6 Å². The minimum atomic E-state index is -4.71. The molecule has 0 unspecified atom stereocenters. The van der Waals surface area contributed by atoms with Crippen molar-refractivity contribution < 1.29 is 18.3 Å². The van der Waals surface area contributed by atoms with E-state index in [1.807, 2.05) is 0 Å². The van der Waals surface area contributed by atoms with E-state index < -0.39 is 18.8 Å². The van der Waals surface area contributed by atoms with Crippen LogP contribution in [0.1, 0.15) is 0 Å². The van der Waals surface area contributed by atoms with Crippen molar-refractivity contribution in [3.05, 3.63) is 24.4 Å². The third kappa shape index (κ3) is 2.62. The lowest BCUT2D eigenvalue weighted by Gasteiger charge is -2.14. The summed E-state index contributed by atoms with van der Waals surface area (Å²) in [6.45, 7) is -0.775. The third-order valence-corrected chi connectivity index (χ3v) is 2.15. The molecule has 0 radical (unpaired) electrons. The van der Waals surface area contributed by atoms with Gasteiger partial charge in [0.05, 0.1) is 6.54 Å². The van der Waals surface area contributed by atoms with Gasteiger partial charge >= 0.3 is 6.18 Å². The van der Waals surface area contributed by atoms with Gasteiger partial charge in [0.2, 0.25) is 5.82 Å². The molecule has 2 aromatic rings. The molecule has 0 bridgehead atoms. The Bertz CT molecular complexity index is 512. The van der Waals surface area contributed by atoms with Crippen LogP contribution in [0.15, 0.2) is 24.4 Å². The molecule has 0 spiro atoms. The topological polar surface area (TPSA) is 76.7 Å². The number of aromatic nitrogens is 5. The van der Waals surface area contributed by atoms with Crippen molar-refractivity contribution in [2.75, 3.05) is 0 Å². The molecule has 96 valence electrons. The fourth-order valence-electron chi connectivity index (χ4n) is 1.27. The number of pyridine rings is 1. The first-order valence-electron chi connectivity index (χ1n) is 4.91. The standard InChI is InChI=1S/C9H8F3N5O/c10-9(11,12)7(18)5-17-8(14-15-16-17)6-3-1-2-4-13-6/h1-4,7,18H,5H2/t7-/m1/s1. The SMILES string of the molecule is O[C@H](Cn1nnnc1-c1ccccn1)C(F)(F)F. The first-order chi connectivity index (χ1) is 8.48.